The summed E-state index contributed by atoms with van der Waals surface area (Å²) in [5, 5.41) is 0. The van der Waals surface area contributed by atoms with E-state index in [1.54, 1.807) is 11.0 Å². The second-order valence-corrected chi connectivity index (χ2v) is 7.84. The molecular weight excluding hydrogens is 357 g/mol. The molecule has 0 N–H and O–H groups in total. The molecule has 1 spiro atoms. The number of ether oxygens (including phenoxy) is 1. The molecule has 0 aliphatic carbocycles. The van der Waals surface area contributed by atoms with E-state index in [0.717, 1.165) is 44.8 Å². The Morgan fingerprint density at radius 1 is 1.07 bits per heavy atom. The zero-order chi connectivity index (χ0) is 19.7. The van der Waals surface area contributed by atoms with Gasteiger partial charge in [-0.05, 0) is 63.9 Å². The number of benzene rings is 1. The van der Waals surface area contributed by atoms with E-state index in [4.69, 9.17) is 4.74 Å². The number of rotatable bonds is 1. The molecule has 1 aromatic carbocycles. The van der Waals surface area contributed by atoms with E-state index in [1.165, 1.54) is 13.0 Å². The van der Waals surface area contributed by atoms with Crippen molar-refractivity contribution in [3.8, 4) is 0 Å². The number of hydrogen-bond donors (Lipinski definition) is 0. The minimum Gasteiger partial charge on any atom is -0.458 e. The van der Waals surface area contributed by atoms with Crippen LogP contribution >= 0.6 is 0 Å². The number of likely N-dealkylation sites (tertiary alicyclic amines) is 1. The van der Waals surface area contributed by atoms with Crippen molar-refractivity contribution in [2.24, 2.45) is 0 Å². The maximum atomic E-state index is 13.2. The Balaban J connectivity index is 1.81. The lowest BCUT2D eigenvalue weighted by molar-refractivity contribution is -0.159. The van der Waals surface area contributed by atoms with E-state index in [1.807, 2.05) is 0 Å². The molecule has 2 heterocycles. The summed E-state index contributed by atoms with van der Waals surface area (Å²) < 4.78 is 45.6. The number of halogens is 3. The number of aryl methyl sites for hydroxylation is 1. The number of esters is 1. The van der Waals surface area contributed by atoms with Crippen LogP contribution in [0.25, 0.3) is 0 Å². The first kappa shape index (κ1) is 20.0. The van der Waals surface area contributed by atoms with Crippen molar-refractivity contribution in [1.29, 1.82) is 0 Å². The van der Waals surface area contributed by atoms with Crippen molar-refractivity contribution in [2.45, 2.75) is 50.8 Å². The SMILES string of the molecule is Cc1ccc(N2CCC3(CCCCN(C)CC3)OC(=O)C2)cc1C(F)(F)F. The van der Waals surface area contributed by atoms with Crippen molar-refractivity contribution in [3.05, 3.63) is 29.3 Å². The second-order valence-electron chi connectivity index (χ2n) is 7.84. The Labute approximate surface area is 158 Å². The first-order valence-electron chi connectivity index (χ1n) is 9.52. The summed E-state index contributed by atoms with van der Waals surface area (Å²) in [6.07, 6.45) is -0.126. The highest BCUT2D eigenvalue weighted by Gasteiger charge is 2.39. The fourth-order valence-corrected chi connectivity index (χ4v) is 4.04. The molecule has 0 saturated carbocycles. The average Bonchev–Trinajstić information content (AvgIpc) is 2.74. The molecular formula is C20H27F3N2O2. The van der Waals surface area contributed by atoms with Gasteiger partial charge in [0.2, 0.25) is 0 Å². The normalized spacial score (nSPS) is 25.7. The van der Waals surface area contributed by atoms with Gasteiger partial charge in [-0.2, -0.15) is 13.2 Å². The summed E-state index contributed by atoms with van der Waals surface area (Å²) in [5.41, 5.74) is -0.550. The quantitative estimate of drug-likeness (QED) is 0.685. The summed E-state index contributed by atoms with van der Waals surface area (Å²) in [6, 6.07) is 4.27. The zero-order valence-electron chi connectivity index (χ0n) is 15.9. The lowest BCUT2D eigenvalue weighted by Gasteiger charge is -2.36. The van der Waals surface area contributed by atoms with Crippen LogP contribution in [-0.2, 0) is 15.7 Å². The largest absolute Gasteiger partial charge is 0.458 e. The van der Waals surface area contributed by atoms with Gasteiger partial charge in [0.15, 0.2) is 0 Å². The van der Waals surface area contributed by atoms with Gasteiger partial charge >= 0.3 is 12.1 Å². The predicted molar refractivity (Wildman–Crippen MR) is 97.8 cm³/mol. The highest BCUT2D eigenvalue weighted by Crippen LogP contribution is 2.36. The van der Waals surface area contributed by atoms with Crippen LogP contribution < -0.4 is 4.90 Å². The highest BCUT2D eigenvalue weighted by molar-refractivity contribution is 5.77. The van der Waals surface area contributed by atoms with Gasteiger partial charge < -0.3 is 14.5 Å². The minimum absolute atomic E-state index is 0.0159. The number of nitrogens with zero attached hydrogens (tertiary/aromatic N) is 2. The van der Waals surface area contributed by atoms with Gasteiger partial charge in [0, 0.05) is 25.2 Å². The molecule has 2 saturated heterocycles. The fraction of sp³-hybridized carbons (Fsp3) is 0.650. The standard InChI is InChI=1S/C20H27F3N2O2/c1-15-5-6-16(13-17(15)20(21,22)23)25-12-9-19(27-18(26)14-25)7-3-4-10-24(2)11-8-19/h5-6,13H,3-4,7-12,14H2,1-2H3. The van der Waals surface area contributed by atoms with Gasteiger partial charge in [-0.15, -0.1) is 0 Å². The molecule has 4 nitrogen and oxygen atoms in total. The molecule has 2 aliphatic heterocycles. The molecule has 2 fully saturated rings. The van der Waals surface area contributed by atoms with Crippen LogP contribution in [0, 0.1) is 6.92 Å². The van der Waals surface area contributed by atoms with Crippen LogP contribution in [0.15, 0.2) is 18.2 Å². The van der Waals surface area contributed by atoms with Crippen LogP contribution in [0.3, 0.4) is 0 Å². The maximum absolute atomic E-state index is 13.2. The Morgan fingerprint density at radius 2 is 1.81 bits per heavy atom. The molecule has 3 rings (SSSR count). The molecule has 7 heteroatoms. The lowest BCUT2D eigenvalue weighted by atomic mass is 9.87. The van der Waals surface area contributed by atoms with Gasteiger partial charge in [0.25, 0.3) is 0 Å². The van der Waals surface area contributed by atoms with E-state index in [9.17, 15) is 18.0 Å². The third-order valence-corrected chi connectivity index (χ3v) is 5.75. The Morgan fingerprint density at radius 3 is 2.56 bits per heavy atom. The third-order valence-electron chi connectivity index (χ3n) is 5.75. The maximum Gasteiger partial charge on any atom is 0.416 e. The van der Waals surface area contributed by atoms with Crippen molar-refractivity contribution < 1.29 is 22.7 Å². The lowest BCUT2D eigenvalue weighted by Crippen LogP contribution is -2.40. The number of carbonyl (C=O) groups is 1. The van der Waals surface area contributed by atoms with Gasteiger partial charge in [-0.1, -0.05) is 6.07 Å². The Bertz CT molecular complexity index is 692. The molecule has 0 amide bonds. The Hall–Kier alpha value is -1.76. The van der Waals surface area contributed by atoms with E-state index >= 15 is 0 Å². The third kappa shape index (κ3) is 4.75. The summed E-state index contributed by atoms with van der Waals surface area (Å²) >= 11 is 0. The summed E-state index contributed by atoms with van der Waals surface area (Å²) in [4.78, 5) is 16.4. The molecule has 1 atom stereocenters. The van der Waals surface area contributed by atoms with Crippen LogP contribution in [0.5, 0.6) is 0 Å². The summed E-state index contributed by atoms with van der Waals surface area (Å²) in [5.74, 6) is -0.357. The van der Waals surface area contributed by atoms with E-state index < -0.39 is 17.3 Å². The number of hydrogen-bond acceptors (Lipinski definition) is 4. The predicted octanol–water partition coefficient (Wildman–Crippen LogP) is 4.01. The monoisotopic (exact) mass is 384 g/mol. The minimum atomic E-state index is -4.40. The van der Waals surface area contributed by atoms with Gasteiger partial charge in [0.1, 0.15) is 12.1 Å². The van der Waals surface area contributed by atoms with E-state index in [-0.39, 0.29) is 18.1 Å². The highest BCUT2D eigenvalue weighted by atomic mass is 19.4. The first-order chi connectivity index (χ1) is 12.7. The van der Waals surface area contributed by atoms with E-state index in [2.05, 4.69) is 11.9 Å². The first-order valence-corrected chi connectivity index (χ1v) is 9.52. The van der Waals surface area contributed by atoms with Crippen molar-refractivity contribution in [1.82, 2.24) is 4.90 Å². The molecule has 1 unspecified atom stereocenters. The second kappa shape index (κ2) is 7.70. The molecule has 1 aromatic rings. The summed E-state index contributed by atoms with van der Waals surface area (Å²) in [6.45, 7) is 3.84. The molecule has 0 bridgehead atoms. The van der Waals surface area contributed by atoms with Crippen LogP contribution in [-0.4, -0.2) is 49.7 Å². The van der Waals surface area contributed by atoms with Crippen LogP contribution in [0.1, 0.15) is 43.2 Å². The zero-order valence-corrected chi connectivity index (χ0v) is 15.9. The topological polar surface area (TPSA) is 32.8 Å². The summed E-state index contributed by atoms with van der Waals surface area (Å²) in [7, 11) is 2.06. The van der Waals surface area contributed by atoms with Crippen LogP contribution in [0.4, 0.5) is 18.9 Å². The number of anilines is 1. The number of alkyl halides is 3. The van der Waals surface area contributed by atoms with Gasteiger partial charge in [0.05, 0.1) is 5.56 Å². The Kier molecular flexibility index (Phi) is 5.70. The van der Waals surface area contributed by atoms with Gasteiger partial charge in [-0.25, -0.2) is 0 Å². The van der Waals surface area contributed by atoms with Crippen molar-refractivity contribution >= 4 is 11.7 Å². The fourth-order valence-electron chi connectivity index (χ4n) is 4.04. The molecule has 150 valence electrons. The molecule has 2 aliphatic rings. The molecule has 0 radical (unpaired) electrons. The molecule has 27 heavy (non-hydrogen) atoms. The van der Waals surface area contributed by atoms with Gasteiger partial charge in [-0.3, -0.25) is 4.79 Å². The van der Waals surface area contributed by atoms with Crippen LogP contribution in [0.2, 0.25) is 0 Å². The smallest absolute Gasteiger partial charge is 0.416 e. The van der Waals surface area contributed by atoms with Crippen molar-refractivity contribution in [2.75, 3.05) is 38.1 Å². The molecule has 0 aromatic heterocycles. The number of carbonyl (C=O) groups excluding carboxylic acids is 1. The van der Waals surface area contributed by atoms with E-state index in [0.29, 0.717) is 18.7 Å². The van der Waals surface area contributed by atoms with Crippen molar-refractivity contribution in [3.63, 3.8) is 0 Å². The average molecular weight is 384 g/mol.